The molecule has 3 aromatic rings. The number of amides is 1. The topological polar surface area (TPSA) is 82.6 Å². The van der Waals surface area contributed by atoms with Crippen molar-refractivity contribution in [2.45, 2.75) is 4.90 Å². The summed E-state index contributed by atoms with van der Waals surface area (Å²) in [6, 6.07) is 13.5. The van der Waals surface area contributed by atoms with Gasteiger partial charge in [0.1, 0.15) is 0 Å². The normalized spacial score (nSPS) is 15.7. The van der Waals surface area contributed by atoms with E-state index in [0.717, 1.165) is 17.8 Å². The van der Waals surface area contributed by atoms with Gasteiger partial charge in [0.2, 0.25) is 0 Å². The molecule has 0 unspecified atom stereocenters. The molecule has 1 aliphatic heterocycles. The van der Waals surface area contributed by atoms with Crippen molar-refractivity contribution in [1.82, 2.24) is 14.8 Å². The molecular weight excluding hydrogens is 396 g/mol. The maximum atomic E-state index is 12.8. The molecule has 2 aromatic carbocycles. The van der Waals surface area contributed by atoms with E-state index in [1.807, 2.05) is 11.9 Å². The number of rotatable bonds is 4. The third kappa shape index (κ3) is 3.87. The van der Waals surface area contributed by atoms with Crippen molar-refractivity contribution >= 4 is 42.6 Å². The fraction of sp³-hybridized carbons (Fsp3) is 0.263. The highest BCUT2D eigenvalue weighted by Crippen LogP contribution is 2.29. The molecule has 0 aliphatic carbocycles. The van der Waals surface area contributed by atoms with Gasteiger partial charge in [-0.15, -0.1) is 0 Å². The molecule has 1 saturated heterocycles. The minimum Gasteiger partial charge on any atom is -0.336 e. The van der Waals surface area contributed by atoms with Gasteiger partial charge in [-0.2, -0.15) is 0 Å². The van der Waals surface area contributed by atoms with Gasteiger partial charge >= 0.3 is 0 Å². The van der Waals surface area contributed by atoms with Gasteiger partial charge in [0.15, 0.2) is 5.13 Å². The number of carbonyl (C=O) groups excluding carboxylic acids is 1. The van der Waals surface area contributed by atoms with Crippen LogP contribution in [0.15, 0.2) is 53.4 Å². The summed E-state index contributed by atoms with van der Waals surface area (Å²) in [7, 11) is -1.65. The van der Waals surface area contributed by atoms with Gasteiger partial charge in [0.25, 0.3) is 15.9 Å². The van der Waals surface area contributed by atoms with Gasteiger partial charge in [-0.3, -0.25) is 9.52 Å². The van der Waals surface area contributed by atoms with Crippen LogP contribution in [0.2, 0.25) is 0 Å². The number of aromatic nitrogens is 1. The quantitative estimate of drug-likeness (QED) is 0.707. The number of benzene rings is 2. The van der Waals surface area contributed by atoms with Crippen molar-refractivity contribution in [2.75, 3.05) is 37.9 Å². The van der Waals surface area contributed by atoms with Crippen LogP contribution >= 0.6 is 11.3 Å². The fourth-order valence-corrected chi connectivity index (χ4v) is 5.23. The molecule has 1 aromatic heterocycles. The van der Waals surface area contributed by atoms with Crippen molar-refractivity contribution in [2.24, 2.45) is 0 Å². The first-order valence-corrected chi connectivity index (χ1v) is 11.2. The summed E-state index contributed by atoms with van der Waals surface area (Å²) in [6.07, 6.45) is 0. The minimum absolute atomic E-state index is 0.00480. The van der Waals surface area contributed by atoms with Crippen molar-refractivity contribution in [3.05, 3.63) is 54.1 Å². The Morgan fingerprint density at radius 1 is 1.07 bits per heavy atom. The van der Waals surface area contributed by atoms with Gasteiger partial charge in [-0.25, -0.2) is 13.4 Å². The van der Waals surface area contributed by atoms with Crippen LogP contribution in [-0.4, -0.2) is 62.3 Å². The first-order chi connectivity index (χ1) is 13.4. The molecule has 0 bridgehead atoms. The van der Waals surface area contributed by atoms with Crippen LogP contribution in [0.5, 0.6) is 0 Å². The zero-order chi connectivity index (χ0) is 19.7. The number of carbonyl (C=O) groups is 1. The SMILES string of the molecule is CN1CCN(C(=O)c2ccc3nc(NS(=O)(=O)c4ccccc4)sc3c2)CC1. The number of nitrogens with zero attached hydrogens (tertiary/aromatic N) is 3. The van der Waals surface area contributed by atoms with Crippen LogP contribution in [0.25, 0.3) is 10.2 Å². The first kappa shape index (κ1) is 18.9. The Hall–Kier alpha value is -2.49. The molecular formula is C19H20N4O3S2. The average molecular weight is 417 g/mol. The van der Waals surface area contributed by atoms with E-state index in [-0.39, 0.29) is 15.9 Å². The summed E-state index contributed by atoms with van der Waals surface area (Å²) in [5, 5.41) is 0.281. The molecule has 146 valence electrons. The van der Waals surface area contributed by atoms with Gasteiger partial charge in [0, 0.05) is 31.7 Å². The number of anilines is 1. The number of thiazole rings is 1. The molecule has 0 atom stereocenters. The molecule has 1 aliphatic rings. The summed E-state index contributed by atoms with van der Waals surface area (Å²) in [6.45, 7) is 3.14. The zero-order valence-corrected chi connectivity index (χ0v) is 17.0. The number of fused-ring (bicyclic) bond motifs is 1. The second kappa shape index (κ2) is 7.50. The van der Waals surface area contributed by atoms with E-state index >= 15 is 0 Å². The van der Waals surface area contributed by atoms with Crippen molar-refractivity contribution in [3.8, 4) is 0 Å². The van der Waals surface area contributed by atoms with Gasteiger partial charge < -0.3 is 9.80 Å². The number of hydrogen-bond donors (Lipinski definition) is 1. The Balaban J connectivity index is 1.56. The molecule has 0 saturated carbocycles. The lowest BCUT2D eigenvalue weighted by molar-refractivity contribution is 0.0664. The molecule has 1 N–H and O–H groups in total. The summed E-state index contributed by atoms with van der Waals surface area (Å²) >= 11 is 1.22. The second-order valence-electron chi connectivity index (χ2n) is 6.72. The van der Waals surface area contributed by atoms with Crippen LogP contribution in [0.3, 0.4) is 0 Å². The lowest BCUT2D eigenvalue weighted by Gasteiger charge is -2.32. The second-order valence-corrected chi connectivity index (χ2v) is 9.43. The third-order valence-corrected chi connectivity index (χ3v) is 7.12. The highest BCUT2D eigenvalue weighted by molar-refractivity contribution is 7.93. The predicted molar refractivity (Wildman–Crippen MR) is 110 cm³/mol. The molecule has 9 heteroatoms. The van der Waals surface area contributed by atoms with Crippen molar-refractivity contribution < 1.29 is 13.2 Å². The van der Waals surface area contributed by atoms with Crippen LogP contribution in [0.4, 0.5) is 5.13 Å². The van der Waals surface area contributed by atoms with Crippen LogP contribution < -0.4 is 4.72 Å². The molecule has 2 heterocycles. The lowest BCUT2D eigenvalue weighted by atomic mass is 10.1. The Morgan fingerprint density at radius 2 is 1.79 bits per heavy atom. The third-order valence-electron chi connectivity index (χ3n) is 4.70. The molecule has 4 rings (SSSR count). The molecule has 1 amide bonds. The molecule has 1 fully saturated rings. The van der Waals surface area contributed by atoms with Crippen LogP contribution in [0.1, 0.15) is 10.4 Å². The zero-order valence-electron chi connectivity index (χ0n) is 15.3. The van der Waals surface area contributed by atoms with E-state index in [1.54, 1.807) is 36.4 Å². The standard InChI is InChI=1S/C19H20N4O3S2/c1-22-9-11-23(12-10-22)18(24)14-7-8-16-17(13-14)27-19(20-16)21-28(25,26)15-5-3-2-4-6-15/h2-8,13H,9-12H2,1H3,(H,20,21). The Labute approximate surface area is 167 Å². The number of likely N-dealkylation sites (N-methyl/N-ethyl adjacent to an activating group) is 1. The number of piperazine rings is 1. The summed E-state index contributed by atoms with van der Waals surface area (Å²) in [4.78, 5) is 21.3. The molecule has 28 heavy (non-hydrogen) atoms. The molecule has 0 spiro atoms. The minimum atomic E-state index is -3.69. The monoisotopic (exact) mass is 416 g/mol. The molecule has 7 nitrogen and oxygen atoms in total. The van der Waals surface area contributed by atoms with Gasteiger partial charge in [-0.1, -0.05) is 29.5 Å². The van der Waals surface area contributed by atoms with E-state index < -0.39 is 10.0 Å². The molecule has 0 radical (unpaired) electrons. The van der Waals surface area contributed by atoms with Crippen molar-refractivity contribution in [1.29, 1.82) is 0 Å². The number of hydrogen-bond acceptors (Lipinski definition) is 6. The van der Waals surface area contributed by atoms with E-state index in [4.69, 9.17) is 0 Å². The lowest BCUT2D eigenvalue weighted by Crippen LogP contribution is -2.47. The Kier molecular flexibility index (Phi) is 5.05. The Morgan fingerprint density at radius 3 is 2.50 bits per heavy atom. The summed E-state index contributed by atoms with van der Waals surface area (Å²) < 4.78 is 28.2. The fourth-order valence-electron chi connectivity index (χ4n) is 3.07. The van der Waals surface area contributed by atoms with Gasteiger partial charge in [0.05, 0.1) is 15.1 Å². The smallest absolute Gasteiger partial charge is 0.263 e. The highest BCUT2D eigenvalue weighted by atomic mass is 32.2. The number of nitrogens with one attached hydrogen (secondary N) is 1. The average Bonchev–Trinajstić information content (AvgIpc) is 3.09. The van der Waals surface area contributed by atoms with E-state index in [9.17, 15) is 13.2 Å². The summed E-state index contributed by atoms with van der Waals surface area (Å²) in [5.41, 5.74) is 1.25. The summed E-state index contributed by atoms with van der Waals surface area (Å²) in [5.74, 6) is -0.00480. The first-order valence-electron chi connectivity index (χ1n) is 8.89. The van der Waals surface area contributed by atoms with E-state index in [0.29, 0.717) is 24.2 Å². The van der Waals surface area contributed by atoms with Crippen LogP contribution in [-0.2, 0) is 10.0 Å². The number of sulfonamides is 1. The predicted octanol–water partition coefficient (Wildman–Crippen LogP) is 2.48. The Bertz CT molecular complexity index is 1100. The largest absolute Gasteiger partial charge is 0.336 e. The van der Waals surface area contributed by atoms with Gasteiger partial charge in [-0.05, 0) is 37.4 Å². The van der Waals surface area contributed by atoms with Crippen LogP contribution in [0, 0.1) is 0 Å². The van der Waals surface area contributed by atoms with E-state index in [1.165, 1.54) is 23.5 Å². The highest BCUT2D eigenvalue weighted by Gasteiger charge is 2.21. The maximum Gasteiger partial charge on any atom is 0.263 e. The maximum absolute atomic E-state index is 12.8. The van der Waals surface area contributed by atoms with E-state index in [2.05, 4.69) is 14.6 Å². The van der Waals surface area contributed by atoms with Crippen molar-refractivity contribution in [3.63, 3.8) is 0 Å².